The molecule has 1 saturated heterocycles. The lowest BCUT2D eigenvalue weighted by atomic mass is 10.1. The van der Waals surface area contributed by atoms with Crippen molar-refractivity contribution >= 4 is 10.0 Å². The predicted octanol–water partition coefficient (Wildman–Crippen LogP) is 2.42. The summed E-state index contributed by atoms with van der Waals surface area (Å²) in [5.41, 5.74) is 1.99. The first-order valence-electron chi connectivity index (χ1n) is 8.20. The van der Waals surface area contributed by atoms with Crippen LogP contribution >= 0.6 is 0 Å². The lowest BCUT2D eigenvalue weighted by Gasteiger charge is -2.37. The van der Waals surface area contributed by atoms with Crippen molar-refractivity contribution in [3.05, 3.63) is 23.3 Å². The van der Waals surface area contributed by atoms with Gasteiger partial charge >= 0.3 is 0 Å². The van der Waals surface area contributed by atoms with E-state index in [0.717, 1.165) is 30.6 Å². The Labute approximate surface area is 140 Å². The molecule has 1 aliphatic rings. The first-order valence-corrected chi connectivity index (χ1v) is 9.64. The Morgan fingerprint density at radius 1 is 1.13 bits per heavy atom. The molecular weight excluding hydrogens is 312 g/mol. The Morgan fingerprint density at radius 2 is 1.70 bits per heavy atom. The number of aryl methyl sites for hydroxylation is 2. The summed E-state index contributed by atoms with van der Waals surface area (Å²) in [6, 6.07) is 4.03. The van der Waals surface area contributed by atoms with Crippen molar-refractivity contribution in [3.8, 4) is 5.75 Å². The van der Waals surface area contributed by atoms with Crippen LogP contribution in [0.2, 0.25) is 0 Å². The number of hydrogen-bond donors (Lipinski definition) is 0. The van der Waals surface area contributed by atoms with E-state index in [0.29, 0.717) is 24.9 Å². The number of sulfonamides is 1. The van der Waals surface area contributed by atoms with Crippen LogP contribution in [0.5, 0.6) is 5.75 Å². The molecule has 0 aliphatic carbocycles. The topological polar surface area (TPSA) is 49.9 Å². The zero-order chi connectivity index (χ0) is 17.2. The molecule has 1 aromatic carbocycles. The number of piperazine rings is 1. The highest BCUT2D eigenvalue weighted by molar-refractivity contribution is 7.89. The minimum absolute atomic E-state index is 0.278. The van der Waals surface area contributed by atoms with Crippen LogP contribution in [-0.4, -0.2) is 57.0 Å². The molecule has 0 spiro atoms. The van der Waals surface area contributed by atoms with Crippen molar-refractivity contribution in [2.45, 2.75) is 45.1 Å². The summed E-state index contributed by atoms with van der Waals surface area (Å²) in [6.07, 6.45) is 1.08. The molecular formula is C17H28N2O3S. The second kappa shape index (κ2) is 7.20. The normalized spacial score (nSPS) is 18.8. The van der Waals surface area contributed by atoms with Crippen LogP contribution in [0.1, 0.15) is 31.4 Å². The number of nitrogens with zero attached hydrogens (tertiary/aromatic N) is 2. The molecule has 0 aromatic heterocycles. The van der Waals surface area contributed by atoms with Crippen molar-refractivity contribution in [3.63, 3.8) is 0 Å². The van der Waals surface area contributed by atoms with Gasteiger partial charge < -0.3 is 4.74 Å². The Hall–Kier alpha value is -1.11. The van der Waals surface area contributed by atoms with Crippen molar-refractivity contribution in [2.24, 2.45) is 0 Å². The number of ether oxygens (including phenoxy) is 1. The average Bonchev–Trinajstić information content (AvgIpc) is 2.56. The molecule has 0 bridgehead atoms. The number of methoxy groups -OCH3 is 1. The van der Waals surface area contributed by atoms with Crippen LogP contribution < -0.4 is 4.74 Å². The molecule has 2 rings (SSSR count). The van der Waals surface area contributed by atoms with Gasteiger partial charge in [0.15, 0.2) is 0 Å². The standard InChI is InChI=1S/C17H28N2O3S/c1-6-15(4)18-7-9-19(10-8-18)23(20,21)17-12-14(3)13(2)11-16(17)22-5/h11-12,15H,6-10H2,1-5H3. The van der Waals surface area contributed by atoms with Gasteiger partial charge in [0.1, 0.15) is 10.6 Å². The Balaban J connectivity index is 2.25. The minimum Gasteiger partial charge on any atom is -0.495 e. The fourth-order valence-electron chi connectivity index (χ4n) is 2.91. The second-order valence-corrected chi connectivity index (χ2v) is 8.19. The van der Waals surface area contributed by atoms with E-state index in [-0.39, 0.29) is 4.90 Å². The van der Waals surface area contributed by atoms with Crippen LogP contribution in [0, 0.1) is 13.8 Å². The number of rotatable bonds is 5. The summed E-state index contributed by atoms with van der Waals surface area (Å²) >= 11 is 0. The fraction of sp³-hybridized carbons (Fsp3) is 0.647. The van der Waals surface area contributed by atoms with Gasteiger partial charge in [0.05, 0.1) is 7.11 Å². The maximum absolute atomic E-state index is 13.0. The maximum Gasteiger partial charge on any atom is 0.246 e. The van der Waals surface area contributed by atoms with Gasteiger partial charge in [-0.3, -0.25) is 4.90 Å². The lowest BCUT2D eigenvalue weighted by molar-refractivity contribution is 0.142. The molecule has 130 valence electrons. The summed E-state index contributed by atoms with van der Waals surface area (Å²) in [7, 11) is -2.00. The van der Waals surface area contributed by atoms with E-state index < -0.39 is 10.0 Å². The van der Waals surface area contributed by atoms with E-state index in [4.69, 9.17) is 4.74 Å². The van der Waals surface area contributed by atoms with E-state index in [1.165, 1.54) is 7.11 Å². The molecule has 1 unspecified atom stereocenters. The van der Waals surface area contributed by atoms with Gasteiger partial charge in [0.25, 0.3) is 0 Å². The molecule has 5 nitrogen and oxygen atoms in total. The van der Waals surface area contributed by atoms with Gasteiger partial charge in [0, 0.05) is 32.2 Å². The molecule has 1 aliphatic heterocycles. The number of benzene rings is 1. The van der Waals surface area contributed by atoms with Crippen LogP contribution in [0.15, 0.2) is 17.0 Å². The Bertz CT molecular complexity index is 650. The minimum atomic E-state index is -3.52. The van der Waals surface area contributed by atoms with Crippen molar-refractivity contribution in [1.82, 2.24) is 9.21 Å². The van der Waals surface area contributed by atoms with E-state index in [1.54, 1.807) is 16.4 Å². The Morgan fingerprint density at radius 3 is 2.22 bits per heavy atom. The van der Waals surface area contributed by atoms with Gasteiger partial charge in [-0.2, -0.15) is 4.31 Å². The smallest absolute Gasteiger partial charge is 0.246 e. The quantitative estimate of drug-likeness (QED) is 0.826. The predicted molar refractivity (Wildman–Crippen MR) is 92.6 cm³/mol. The van der Waals surface area contributed by atoms with Gasteiger partial charge in [-0.1, -0.05) is 6.92 Å². The third kappa shape index (κ3) is 3.70. The van der Waals surface area contributed by atoms with Crippen molar-refractivity contribution < 1.29 is 13.2 Å². The maximum atomic E-state index is 13.0. The molecule has 0 N–H and O–H groups in total. The van der Waals surface area contributed by atoms with Crippen LogP contribution in [-0.2, 0) is 10.0 Å². The summed E-state index contributed by atoms with van der Waals surface area (Å²) in [4.78, 5) is 2.63. The van der Waals surface area contributed by atoms with Gasteiger partial charge in [-0.15, -0.1) is 0 Å². The molecule has 23 heavy (non-hydrogen) atoms. The first kappa shape index (κ1) is 18.2. The fourth-order valence-corrected chi connectivity index (χ4v) is 4.55. The van der Waals surface area contributed by atoms with Crippen molar-refractivity contribution in [1.29, 1.82) is 0 Å². The summed E-state index contributed by atoms with van der Waals surface area (Å²) in [5, 5.41) is 0. The second-order valence-electron chi connectivity index (χ2n) is 6.28. The lowest BCUT2D eigenvalue weighted by Crippen LogP contribution is -2.51. The van der Waals surface area contributed by atoms with Crippen LogP contribution in [0.25, 0.3) is 0 Å². The third-order valence-corrected chi connectivity index (χ3v) is 6.81. The highest BCUT2D eigenvalue weighted by Crippen LogP contribution is 2.30. The van der Waals surface area contributed by atoms with Gasteiger partial charge in [0.2, 0.25) is 10.0 Å². The molecule has 1 atom stereocenters. The van der Waals surface area contributed by atoms with Crippen molar-refractivity contribution in [2.75, 3.05) is 33.3 Å². The third-order valence-electron chi connectivity index (χ3n) is 4.89. The van der Waals surface area contributed by atoms with E-state index in [2.05, 4.69) is 18.7 Å². The highest BCUT2D eigenvalue weighted by Gasteiger charge is 2.32. The zero-order valence-corrected chi connectivity index (χ0v) is 15.6. The molecule has 0 radical (unpaired) electrons. The summed E-state index contributed by atoms with van der Waals surface area (Å²) in [5.74, 6) is 0.428. The Kier molecular flexibility index (Phi) is 5.70. The molecule has 6 heteroatoms. The summed E-state index contributed by atoms with van der Waals surface area (Å²) < 4.78 is 32.9. The zero-order valence-electron chi connectivity index (χ0n) is 14.8. The molecule has 0 saturated carbocycles. The SMILES string of the molecule is CCC(C)N1CCN(S(=O)(=O)c2cc(C)c(C)cc2OC)CC1. The molecule has 1 heterocycles. The summed E-state index contributed by atoms with van der Waals surface area (Å²) in [6.45, 7) is 10.9. The molecule has 1 fully saturated rings. The van der Waals surface area contributed by atoms with Gasteiger partial charge in [-0.05, 0) is 50.5 Å². The monoisotopic (exact) mass is 340 g/mol. The van der Waals surface area contributed by atoms with E-state index in [1.807, 2.05) is 13.8 Å². The molecule has 0 amide bonds. The van der Waals surface area contributed by atoms with E-state index in [9.17, 15) is 8.42 Å². The largest absolute Gasteiger partial charge is 0.495 e. The average molecular weight is 340 g/mol. The first-order chi connectivity index (χ1) is 10.8. The highest BCUT2D eigenvalue weighted by atomic mass is 32.2. The van der Waals surface area contributed by atoms with Crippen LogP contribution in [0.3, 0.4) is 0 Å². The van der Waals surface area contributed by atoms with Crippen LogP contribution in [0.4, 0.5) is 0 Å². The molecule has 1 aromatic rings. The van der Waals surface area contributed by atoms with Gasteiger partial charge in [-0.25, -0.2) is 8.42 Å². The number of hydrogen-bond acceptors (Lipinski definition) is 4. The van der Waals surface area contributed by atoms with E-state index >= 15 is 0 Å².